The summed E-state index contributed by atoms with van der Waals surface area (Å²) < 4.78 is 8.96. The molecule has 1 aliphatic rings. The van der Waals surface area contributed by atoms with Crippen molar-refractivity contribution in [1.82, 2.24) is 9.61 Å². The number of rotatable bonds is 6. The predicted molar refractivity (Wildman–Crippen MR) is 129 cm³/mol. The van der Waals surface area contributed by atoms with Gasteiger partial charge in [0.05, 0.1) is 29.1 Å². The van der Waals surface area contributed by atoms with Crippen LogP contribution >= 0.6 is 15.9 Å². The van der Waals surface area contributed by atoms with Gasteiger partial charge in [-0.15, -0.1) is 6.58 Å². The number of piperidine rings is 1. The molecule has 0 aliphatic carbocycles. The number of nitrogens with zero attached hydrogens (tertiary/aromatic N) is 3. The molecule has 0 saturated carbocycles. The lowest BCUT2D eigenvalue weighted by Crippen LogP contribution is -2.45. The van der Waals surface area contributed by atoms with Crippen LogP contribution in [0.15, 0.2) is 53.7 Å². The van der Waals surface area contributed by atoms with E-state index in [4.69, 9.17) is 9.84 Å². The van der Waals surface area contributed by atoms with E-state index in [1.165, 1.54) is 0 Å². The summed E-state index contributed by atoms with van der Waals surface area (Å²) in [7, 11) is 0. The van der Waals surface area contributed by atoms with Gasteiger partial charge in [0.15, 0.2) is 5.78 Å². The number of fused-ring (bicyclic) bond motifs is 1. The van der Waals surface area contributed by atoms with E-state index < -0.39 is 0 Å². The molecule has 4 rings (SSSR count). The van der Waals surface area contributed by atoms with E-state index in [2.05, 4.69) is 46.5 Å². The highest BCUT2D eigenvalue weighted by molar-refractivity contribution is 9.10. The predicted octanol–water partition coefficient (Wildman–Crippen LogP) is 5.84. The van der Waals surface area contributed by atoms with Crippen LogP contribution in [0.4, 0.5) is 5.69 Å². The first-order valence-electron chi connectivity index (χ1n) is 10.6. The van der Waals surface area contributed by atoms with E-state index in [0.717, 1.165) is 64.0 Å². The molecule has 162 valence electrons. The molecule has 1 fully saturated rings. The van der Waals surface area contributed by atoms with Crippen molar-refractivity contribution >= 4 is 32.9 Å². The van der Waals surface area contributed by atoms with E-state index in [1.54, 1.807) is 13.0 Å². The van der Waals surface area contributed by atoms with Crippen LogP contribution in [0.1, 0.15) is 42.6 Å². The molecule has 0 N–H and O–H groups in total. The zero-order valence-corrected chi connectivity index (χ0v) is 19.9. The first-order chi connectivity index (χ1) is 14.8. The molecule has 3 aromatic rings. The second kappa shape index (κ2) is 8.60. The number of hydrogen-bond acceptors (Lipinski definition) is 4. The molecule has 0 bridgehead atoms. The molecule has 2 aromatic heterocycles. The number of anilines is 1. The number of ether oxygens (including phenoxy) is 1. The molecule has 0 unspecified atom stereocenters. The number of Topliss-reactive ketones (excluding diaryl/α,β-unsaturated/α-hetero) is 1. The van der Waals surface area contributed by atoms with Gasteiger partial charge in [-0.05, 0) is 57.4 Å². The average Bonchev–Trinajstić information content (AvgIpc) is 3.15. The van der Waals surface area contributed by atoms with Crippen molar-refractivity contribution in [3.05, 3.63) is 64.8 Å². The standard InChI is InChI=1S/C25H28BrN3O2/c1-5-13-31-25(4)9-11-28(12-10-25)24-22-15-21(19-7-6-8-20(26)14-19)27-29(22)16-17(2)23(24)18(3)30/h5-8,14-16H,1,9-13H2,2-4H3. The molecule has 1 saturated heterocycles. The summed E-state index contributed by atoms with van der Waals surface area (Å²) in [6.07, 6.45) is 5.54. The van der Waals surface area contributed by atoms with Crippen LogP contribution in [0.25, 0.3) is 16.8 Å². The van der Waals surface area contributed by atoms with E-state index in [1.807, 2.05) is 35.8 Å². The van der Waals surface area contributed by atoms with Gasteiger partial charge in [0.2, 0.25) is 0 Å². The van der Waals surface area contributed by atoms with Crippen LogP contribution in [0.2, 0.25) is 0 Å². The molecule has 31 heavy (non-hydrogen) atoms. The van der Waals surface area contributed by atoms with Gasteiger partial charge in [0, 0.05) is 34.9 Å². The largest absolute Gasteiger partial charge is 0.371 e. The number of carbonyl (C=O) groups excluding carboxylic acids is 1. The Morgan fingerprint density at radius 2 is 2.06 bits per heavy atom. The lowest BCUT2D eigenvalue weighted by Gasteiger charge is -2.41. The second-order valence-electron chi connectivity index (χ2n) is 8.50. The molecule has 0 atom stereocenters. The SMILES string of the molecule is C=CCOC1(C)CCN(c2c(C(C)=O)c(C)cn3nc(-c4cccc(Br)c4)cc23)CC1. The first kappa shape index (κ1) is 21.8. The van der Waals surface area contributed by atoms with Crippen molar-refractivity contribution in [2.24, 2.45) is 0 Å². The lowest BCUT2D eigenvalue weighted by molar-refractivity contribution is -0.0334. The van der Waals surface area contributed by atoms with Crippen molar-refractivity contribution < 1.29 is 9.53 Å². The fourth-order valence-electron chi connectivity index (χ4n) is 4.39. The Hall–Kier alpha value is -2.44. The van der Waals surface area contributed by atoms with Crippen molar-refractivity contribution in [2.75, 3.05) is 24.6 Å². The Morgan fingerprint density at radius 1 is 1.32 bits per heavy atom. The van der Waals surface area contributed by atoms with E-state index in [0.29, 0.717) is 6.61 Å². The molecule has 0 radical (unpaired) electrons. The van der Waals surface area contributed by atoms with Crippen molar-refractivity contribution in [3.8, 4) is 11.3 Å². The highest BCUT2D eigenvalue weighted by Gasteiger charge is 2.33. The molecule has 1 aliphatic heterocycles. The average molecular weight is 482 g/mol. The van der Waals surface area contributed by atoms with Crippen LogP contribution in [0, 0.1) is 6.92 Å². The normalized spacial score (nSPS) is 15.9. The van der Waals surface area contributed by atoms with Crippen LogP contribution in [-0.2, 0) is 4.74 Å². The fraction of sp³-hybridized carbons (Fsp3) is 0.360. The quantitative estimate of drug-likeness (QED) is 0.327. The Balaban J connectivity index is 1.78. The number of aryl methyl sites for hydroxylation is 1. The molecule has 1 aromatic carbocycles. The summed E-state index contributed by atoms with van der Waals surface area (Å²) in [6.45, 7) is 11.8. The molecular formula is C25H28BrN3O2. The van der Waals surface area contributed by atoms with Gasteiger partial charge in [0.1, 0.15) is 0 Å². The minimum atomic E-state index is -0.164. The third-order valence-electron chi connectivity index (χ3n) is 6.08. The van der Waals surface area contributed by atoms with Gasteiger partial charge in [-0.3, -0.25) is 4.79 Å². The number of hydrogen-bond donors (Lipinski definition) is 0. The maximum Gasteiger partial charge on any atom is 0.162 e. The van der Waals surface area contributed by atoms with Crippen LogP contribution in [-0.4, -0.2) is 40.7 Å². The third-order valence-corrected chi connectivity index (χ3v) is 6.58. The van der Waals surface area contributed by atoms with Crippen molar-refractivity contribution in [1.29, 1.82) is 0 Å². The summed E-state index contributed by atoms with van der Waals surface area (Å²) in [5.41, 5.74) is 5.42. The van der Waals surface area contributed by atoms with Gasteiger partial charge < -0.3 is 9.64 Å². The van der Waals surface area contributed by atoms with Gasteiger partial charge >= 0.3 is 0 Å². The monoisotopic (exact) mass is 481 g/mol. The zero-order chi connectivity index (χ0) is 22.2. The maximum atomic E-state index is 12.7. The zero-order valence-electron chi connectivity index (χ0n) is 18.3. The summed E-state index contributed by atoms with van der Waals surface area (Å²) >= 11 is 3.55. The van der Waals surface area contributed by atoms with Crippen molar-refractivity contribution in [2.45, 2.75) is 39.2 Å². The number of aromatic nitrogens is 2. The maximum absolute atomic E-state index is 12.7. The first-order valence-corrected chi connectivity index (χ1v) is 11.4. The topological polar surface area (TPSA) is 46.8 Å². The smallest absolute Gasteiger partial charge is 0.162 e. The van der Waals surface area contributed by atoms with Gasteiger partial charge in [0.25, 0.3) is 0 Å². The highest BCUT2D eigenvalue weighted by atomic mass is 79.9. The van der Waals surface area contributed by atoms with Crippen LogP contribution in [0.5, 0.6) is 0 Å². The molecule has 6 heteroatoms. The summed E-state index contributed by atoms with van der Waals surface area (Å²) in [5.74, 6) is 0.0800. The molecule has 3 heterocycles. The lowest BCUT2D eigenvalue weighted by atomic mass is 9.92. The Morgan fingerprint density at radius 3 is 2.71 bits per heavy atom. The Kier molecular flexibility index (Phi) is 6.04. The fourth-order valence-corrected chi connectivity index (χ4v) is 4.79. The van der Waals surface area contributed by atoms with E-state index in [9.17, 15) is 4.79 Å². The number of ketones is 1. The minimum absolute atomic E-state index is 0.0800. The number of pyridine rings is 1. The number of halogens is 1. The summed E-state index contributed by atoms with van der Waals surface area (Å²) in [4.78, 5) is 15.0. The minimum Gasteiger partial charge on any atom is -0.371 e. The molecular weight excluding hydrogens is 454 g/mol. The van der Waals surface area contributed by atoms with Gasteiger partial charge in [-0.25, -0.2) is 4.52 Å². The molecule has 0 amide bonds. The van der Waals surface area contributed by atoms with E-state index >= 15 is 0 Å². The summed E-state index contributed by atoms with van der Waals surface area (Å²) in [6, 6.07) is 10.2. The second-order valence-corrected chi connectivity index (χ2v) is 9.41. The van der Waals surface area contributed by atoms with Gasteiger partial charge in [-0.1, -0.05) is 34.1 Å². The Labute approximate surface area is 191 Å². The van der Waals surface area contributed by atoms with Gasteiger partial charge in [-0.2, -0.15) is 5.10 Å². The summed E-state index contributed by atoms with van der Waals surface area (Å²) in [5, 5.41) is 4.83. The van der Waals surface area contributed by atoms with Crippen molar-refractivity contribution in [3.63, 3.8) is 0 Å². The van der Waals surface area contributed by atoms with E-state index in [-0.39, 0.29) is 11.4 Å². The van der Waals surface area contributed by atoms with Crippen LogP contribution in [0.3, 0.4) is 0 Å². The molecule has 0 spiro atoms. The highest BCUT2D eigenvalue weighted by Crippen LogP contribution is 2.36. The van der Waals surface area contributed by atoms with Crippen LogP contribution < -0.4 is 4.90 Å². The third kappa shape index (κ3) is 4.32. The number of benzene rings is 1. The Bertz CT molecular complexity index is 1140. The molecule has 5 nitrogen and oxygen atoms in total. The number of carbonyl (C=O) groups is 1.